The number of amides is 3. The van der Waals surface area contributed by atoms with E-state index in [0.717, 1.165) is 5.69 Å². The number of benzene rings is 1. The van der Waals surface area contributed by atoms with E-state index in [9.17, 15) is 9.59 Å². The van der Waals surface area contributed by atoms with E-state index in [1.54, 1.807) is 36.3 Å². The zero-order valence-electron chi connectivity index (χ0n) is 11.9. The number of methoxy groups -OCH3 is 1. The minimum absolute atomic E-state index is 0.0142. The SMILES string of the molecule is COCCOCC(=O)Nc1ccc(N2CCNC2=O)cc1. The number of anilines is 2. The molecule has 21 heavy (non-hydrogen) atoms. The molecule has 1 aromatic rings. The molecule has 1 aliphatic heterocycles. The Kier molecular flexibility index (Phi) is 5.53. The van der Waals surface area contributed by atoms with Gasteiger partial charge in [0, 0.05) is 31.6 Å². The molecule has 0 atom stereocenters. The van der Waals surface area contributed by atoms with Gasteiger partial charge in [-0.3, -0.25) is 9.69 Å². The summed E-state index contributed by atoms with van der Waals surface area (Å²) in [6, 6.07) is 7.01. The molecule has 1 fully saturated rings. The molecule has 7 nitrogen and oxygen atoms in total. The smallest absolute Gasteiger partial charge is 0.321 e. The summed E-state index contributed by atoms with van der Waals surface area (Å²) in [7, 11) is 1.58. The van der Waals surface area contributed by atoms with Crippen LogP contribution in [0.15, 0.2) is 24.3 Å². The lowest BCUT2D eigenvalue weighted by molar-refractivity contribution is -0.121. The number of urea groups is 1. The van der Waals surface area contributed by atoms with Crippen LogP contribution in [0.5, 0.6) is 0 Å². The number of ether oxygens (including phenoxy) is 2. The third kappa shape index (κ3) is 4.44. The van der Waals surface area contributed by atoms with Crippen molar-refractivity contribution < 1.29 is 19.1 Å². The van der Waals surface area contributed by atoms with Crippen LogP contribution in [0.4, 0.5) is 16.2 Å². The Bertz CT molecular complexity index is 489. The summed E-state index contributed by atoms with van der Waals surface area (Å²) in [4.78, 5) is 24.8. The number of nitrogens with one attached hydrogen (secondary N) is 2. The number of carbonyl (C=O) groups excluding carboxylic acids is 2. The van der Waals surface area contributed by atoms with Crippen molar-refractivity contribution in [1.82, 2.24) is 5.32 Å². The summed E-state index contributed by atoms with van der Waals surface area (Å²) in [6.07, 6.45) is 0. The topological polar surface area (TPSA) is 79.9 Å². The van der Waals surface area contributed by atoms with Crippen LogP contribution < -0.4 is 15.5 Å². The lowest BCUT2D eigenvalue weighted by atomic mass is 10.2. The molecule has 2 rings (SSSR count). The zero-order valence-corrected chi connectivity index (χ0v) is 11.9. The van der Waals surface area contributed by atoms with Crippen LogP contribution in [0.2, 0.25) is 0 Å². The Morgan fingerprint density at radius 1 is 1.33 bits per heavy atom. The largest absolute Gasteiger partial charge is 0.382 e. The average molecular weight is 293 g/mol. The van der Waals surface area contributed by atoms with E-state index in [4.69, 9.17) is 9.47 Å². The molecule has 0 aromatic heterocycles. The van der Waals surface area contributed by atoms with Gasteiger partial charge in [-0.2, -0.15) is 0 Å². The highest BCUT2D eigenvalue weighted by Crippen LogP contribution is 2.19. The fourth-order valence-electron chi connectivity index (χ4n) is 1.95. The third-order valence-electron chi connectivity index (χ3n) is 2.98. The molecule has 7 heteroatoms. The Morgan fingerprint density at radius 3 is 2.71 bits per heavy atom. The van der Waals surface area contributed by atoms with Gasteiger partial charge >= 0.3 is 6.03 Å². The minimum atomic E-state index is -0.224. The summed E-state index contributed by atoms with van der Waals surface area (Å²) < 4.78 is 9.95. The summed E-state index contributed by atoms with van der Waals surface area (Å²) in [5.41, 5.74) is 1.47. The second kappa shape index (κ2) is 7.61. The van der Waals surface area contributed by atoms with Crippen molar-refractivity contribution in [3.8, 4) is 0 Å². The van der Waals surface area contributed by atoms with Gasteiger partial charge < -0.3 is 20.1 Å². The van der Waals surface area contributed by atoms with Gasteiger partial charge in [0.05, 0.1) is 13.2 Å². The molecule has 0 spiro atoms. The molecule has 0 unspecified atom stereocenters. The normalized spacial score (nSPS) is 14.1. The van der Waals surface area contributed by atoms with Crippen molar-refractivity contribution in [2.45, 2.75) is 0 Å². The minimum Gasteiger partial charge on any atom is -0.382 e. The van der Waals surface area contributed by atoms with Crippen molar-refractivity contribution >= 4 is 23.3 Å². The van der Waals surface area contributed by atoms with Crippen molar-refractivity contribution in [1.29, 1.82) is 0 Å². The Balaban J connectivity index is 1.82. The fraction of sp³-hybridized carbons (Fsp3) is 0.429. The fourth-order valence-corrected chi connectivity index (χ4v) is 1.95. The van der Waals surface area contributed by atoms with Crippen molar-refractivity contribution in [2.75, 3.05) is 50.2 Å². The average Bonchev–Trinajstić information content (AvgIpc) is 2.91. The first-order valence-corrected chi connectivity index (χ1v) is 6.72. The van der Waals surface area contributed by atoms with E-state index in [2.05, 4.69) is 10.6 Å². The van der Waals surface area contributed by atoms with Gasteiger partial charge in [0.1, 0.15) is 6.61 Å². The summed E-state index contributed by atoms with van der Waals surface area (Å²) >= 11 is 0. The molecule has 0 saturated carbocycles. The van der Waals surface area contributed by atoms with Crippen LogP contribution in [0.1, 0.15) is 0 Å². The molecule has 1 saturated heterocycles. The molecule has 1 aromatic carbocycles. The lowest BCUT2D eigenvalue weighted by Gasteiger charge is -2.14. The first-order chi connectivity index (χ1) is 10.2. The first kappa shape index (κ1) is 15.3. The van der Waals surface area contributed by atoms with Gasteiger partial charge in [-0.15, -0.1) is 0 Å². The molecule has 0 aliphatic carbocycles. The predicted octanol–water partition coefficient (Wildman–Crippen LogP) is 0.818. The Labute approximate surface area is 123 Å². The number of hydrogen-bond donors (Lipinski definition) is 2. The maximum atomic E-state index is 11.6. The molecule has 0 bridgehead atoms. The van der Waals surface area contributed by atoms with Gasteiger partial charge in [-0.25, -0.2) is 4.79 Å². The van der Waals surface area contributed by atoms with Gasteiger partial charge in [0.25, 0.3) is 0 Å². The van der Waals surface area contributed by atoms with Gasteiger partial charge in [-0.1, -0.05) is 0 Å². The number of hydrogen-bond acceptors (Lipinski definition) is 4. The van der Waals surface area contributed by atoms with E-state index in [1.165, 1.54) is 0 Å². The molecule has 3 amide bonds. The van der Waals surface area contributed by atoms with Crippen molar-refractivity contribution in [2.24, 2.45) is 0 Å². The van der Waals surface area contributed by atoms with Gasteiger partial charge in [0.15, 0.2) is 0 Å². The molecular weight excluding hydrogens is 274 g/mol. The van der Waals surface area contributed by atoms with Gasteiger partial charge in [0.2, 0.25) is 5.91 Å². The summed E-state index contributed by atoms with van der Waals surface area (Å²) in [5.74, 6) is -0.224. The van der Waals surface area contributed by atoms with E-state index in [0.29, 0.717) is 32.0 Å². The van der Waals surface area contributed by atoms with Crippen molar-refractivity contribution in [3.05, 3.63) is 24.3 Å². The van der Waals surface area contributed by atoms with E-state index in [1.807, 2.05) is 0 Å². The highest BCUT2D eigenvalue weighted by molar-refractivity contribution is 5.95. The molecule has 2 N–H and O–H groups in total. The second-order valence-electron chi connectivity index (χ2n) is 4.52. The summed E-state index contributed by atoms with van der Waals surface area (Å²) in [6.45, 7) is 2.13. The number of rotatable bonds is 7. The molecule has 1 heterocycles. The highest BCUT2D eigenvalue weighted by Gasteiger charge is 2.20. The second-order valence-corrected chi connectivity index (χ2v) is 4.52. The molecular formula is C14H19N3O4. The zero-order chi connectivity index (χ0) is 15.1. The maximum Gasteiger partial charge on any atom is 0.321 e. The monoisotopic (exact) mass is 293 g/mol. The molecule has 114 valence electrons. The third-order valence-corrected chi connectivity index (χ3v) is 2.98. The Hall–Kier alpha value is -2.12. The standard InChI is InChI=1S/C14H19N3O4/c1-20-8-9-21-10-13(18)16-11-2-4-12(5-3-11)17-7-6-15-14(17)19/h2-5H,6-10H2,1H3,(H,15,19)(H,16,18). The summed E-state index contributed by atoms with van der Waals surface area (Å²) in [5, 5.41) is 5.46. The van der Waals surface area contributed by atoms with Crippen LogP contribution in [-0.2, 0) is 14.3 Å². The van der Waals surface area contributed by atoms with Crippen molar-refractivity contribution in [3.63, 3.8) is 0 Å². The van der Waals surface area contributed by atoms with Crippen LogP contribution in [-0.4, -0.2) is 52.0 Å². The number of nitrogens with zero attached hydrogens (tertiary/aromatic N) is 1. The van der Waals surface area contributed by atoms with E-state index in [-0.39, 0.29) is 18.5 Å². The van der Waals surface area contributed by atoms with E-state index < -0.39 is 0 Å². The van der Waals surface area contributed by atoms with Crippen LogP contribution in [0.3, 0.4) is 0 Å². The van der Waals surface area contributed by atoms with E-state index >= 15 is 0 Å². The first-order valence-electron chi connectivity index (χ1n) is 6.72. The predicted molar refractivity (Wildman–Crippen MR) is 78.5 cm³/mol. The maximum absolute atomic E-state index is 11.6. The molecule has 0 radical (unpaired) electrons. The highest BCUT2D eigenvalue weighted by atomic mass is 16.5. The lowest BCUT2D eigenvalue weighted by Crippen LogP contribution is -2.27. The molecule has 1 aliphatic rings. The quantitative estimate of drug-likeness (QED) is 0.729. The Morgan fingerprint density at radius 2 is 2.10 bits per heavy atom. The number of carbonyl (C=O) groups is 2. The van der Waals surface area contributed by atoms with Crippen LogP contribution in [0, 0.1) is 0 Å². The van der Waals surface area contributed by atoms with Crippen LogP contribution in [0.25, 0.3) is 0 Å². The van der Waals surface area contributed by atoms with Gasteiger partial charge in [-0.05, 0) is 24.3 Å². The van der Waals surface area contributed by atoms with Crippen LogP contribution >= 0.6 is 0 Å².